The van der Waals surface area contributed by atoms with Crippen LogP contribution in [0.15, 0.2) is 28.1 Å². The van der Waals surface area contributed by atoms with E-state index in [1.165, 1.54) is 23.6 Å². The van der Waals surface area contributed by atoms with Crippen molar-refractivity contribution in [3.8, 4) is 17.6 Å². The number of rotatable bonds is 3. The van der Waals surface area contributed by atoms with E-state index in [-0.39, 0.29) is 26.4 Å². The van der Waals surface area contributed by atoms with Crippen LogP contribution in [0.3, 0.4) is 0 Å². The molecule has 0 aliphatic carbocycles. The average Bonchev–Trinajstić information content (AvgIpc) is 2.84. The van der Waals surface area contributed by atoms with Crippen molar-refractivity contribution in [2.45, 2.75) is 0 Å². The van der Waals surface area contributed by atoms with E-state index in [2.05, 4.69) is 15.9 Å². The summed E-state index contributed by atoms with van der Waals surface area (Å²) in [5.74, 6) is -1.62. The number of halogens is 2. The van der Waals surface area contributed by atoms with Crippen LogP contribution in [0.5, 0.6) is 11.5 Å². The fourth-order valence-corrected chi connectivity index (χ4v) is 2.37. The molecule has 0 atom stereocenters. The Morgan fingerprint density at radius 2 is 2.26 bits per heavy atom. The minimum Gasteiger partial charge on any atom is -0.477 e. The van der Waals surface area contributed by atoms with E-state index >= 15 is 0 Å². The highest BCUT2D eigenvalue weighted by molar-refractivity contribution is 9.10. The van der Waals surface area contributed by atoms with Crippen LogP contribution in [-0.4, -0.2) is 11.1 Å². The number of thiophene rings is 1. The quantitative estimate of drug-likeness (QED) is 0.915. The molecule has 0 radical (unpaired) electrons. The Morgan fingerprint density at radius 3 is 2.84 bits per heavy atom. The fourth-order valence-electron chi connectivity index (χ4n) is 1.31. The number of nitrogens with zero attached hydrogens (tertiary/aromatic N) is 1. The van der Waals surface area contributed by atoms with E-state index in [0.29, 0.717) is 0 Å². The molecule has 4 nitrogen and oxygen atoms in total. The third-order valence-electron chi connectivity index (χ3n) is 2.18. The smallest absolute Gasteiger partial charge is 0.346 e. The molecule has 7 heteroatoms. The molecule has 1 aromatic carbocycles. The lowest BCUT2D eigenvalue weighted by Gasteiger charge is -2.06. The Hall–Kier alpha value is -1.91. The lowest BCUT2D eigenvalue weighted by molar-refractivity contribution is 0.0702. The topological polar surface area (TPSA) is 70.3 Å². The van der Waals surface area contributed by atoms with Gasteiger partial charge in [0.2, 0.25) is 0 Å². The van der Waals surface area contributed by atoms with Crippen molar-refractivity contribution in [2.75, 3.05) is 0 Å². The van der Waals surface area contributed by atoms with Gasteiger partial charge in [0, 0.05) is 11.4 Å². The van der Waals surface area contributed by atoms with E-state index in [1.807, 2.05) is 6.07 Å². The number of hydrogen-bond donors (Lipinski definition) is 1. The number of hydrogen-bond acceptors (Lipinski definition) is 4. The molecule has 0 unspecified atom stereocenters. The SMILES string of the molecule is N#Cc1ccc(Oc2csc(C(=O)O)c2)c(F)c1Br. The molecule has 0 amide bonds. The molecule has 0 bridgehead atoms. The number of benzene rings is 1. The molecule has 0 fully saturated rings. The average molecular weight is 342 g/mol. The van der Waals surface area contributed by atoms with Crippen molar-refractivity contribution in [3.63, 3.8) is 0 Å². The molecule has 0 spiro atoms. The van der Waals surface area contributed by atoms with Gasteiger partial charge in [-0.2, -0.15) is 5.26 Å². The molecule has 2 aromatic rings. The van der Waals surface area contributed by atoms with Gasteiger partial charge in [-0.15, -0.1) is 11.3 Å². The first-order valence-electron chi connectivity index (χ1n) is 4.90. The van der Waals surface area contributed by atoms with E-state index in [9.17, 15) is 9.18 Å². The molecule has 0 saturated heterocycles. The molecule has 1 N–H and O–H groups in total. The molecule has 0 aliphatic rings. The van der Waals surface area contributed by atoms with Gasteiger partial charge in [-0.1, -0.05) is 0 Å². The number of aromatic carboxylic acids is 1. The van der Waals surface area contributed by atoms with Crippen LogP contribution in [-0.2, 0) is 0 Å². The van der Waals surface area contributed by atoms with E-state index in [0.717, 1.165) is 11.3 Å². The van der Waals surface area contributed by atoms with Gasteiger partial charge in [-0.05, 0) is 28.1 Å². The van der Waals surface area contributed by atoms with Crippen molar-refractivity contribution in [1.29, 1.82) is 5.26 Å². The number of carboxylic acid groups (broad SMARTS) is 1. The minimum absolute atomic E-state index is 0.0150. The van der Waals surface area contributed by atoms with Gasteiger partial charge in [0.15, 0.2) is 11.6 Å². The van der Waals surface area contributed by atoms with E-state index in [4.69, 9.17) is 15.1 Å². The van der Waals surface area contributed by atoms with E-state index < -0.39 is 11.8 Å². The Balaban J connectivity index is 2.31. The van der Waals surface area contributed by atoms with Crippen LogP contribution in [0.25, 0.3) is 0 Å². The van der Waals surface area contributed by atoms with Gasteiger partial charge in [0.1, 0.15) is 16.7 Å². The van der Waals surface area contributed by atoms with Crippen LogP contribution < -0.4 is 4.74 Å². The predicted molar refractivity (Wildman–Crippen MR) is 70.2 cm³/mol. The van der Waals surface area contributed by atoms with E-state index in [1.54, 1.807) is 0 Å². The van der Waals surface area contributed by atoms with Crippen molar-refractivity contribution in [2.24, 2.45) is 0 Å². The van der Waals surface area contributed by atoms with Crippen LogP contribution >= 0.6 is 27.3 Å². The van der Waals surface area contributed by atoms with Crippen molar-refractivity contribution in [3.05, 3.63) is 44.3 Å². The van der Waals surface area contributed by atoms with Crippen LogP contribution in [0, 0.1) is 17.1 Å². The van der Waals surface area contributed by atoms with Crippen molar-refractivity contribution in [1.82, 2.24) is 0 Å². The van der Waals surface area contributed by atoms with Crippen LogP contribution in [0.4, 0.5) is 4.39 Å². The third kappa shape index (κ3) is 2.75. The summed E-state index contributed by atoms with van der Waals surface area (Å²) in [4.78, 5) is 10.8. The molecule has 0 saturated carbocycles. The van der Waals surface area contributed by atoms with Crippen molar-refractivity contribution < 1.29 is 19.0 Å². The van der Waals surface area contributed by atoms with Gasteiger partial charge in [0.05, 0.1) is 10.0 Å². The Morgan fingerprint density at radius 1 is 1.53 bits per heavy atom. The summed E-state index contributed by atoms with van der Waals surface area (Å²) in [7, 11) is 0. The Labute approximate surface area is 119 Å². The fraction of sp³-hybridized carbons (Fsp3) is 0. The maximum Gasteiger partial charge on any atom is 0.346 e. The maximum atomic E-state index is 13.9. The number of ether oxygens (including phenoxy) is 1. The van der Waals surface area contributed by atoms with Gasteiger partial charge in [-0.25, -0.2) is 9.18 Å². The second-order valence-corrected chi connectivity index (χ2v) is 5.11. The standard InChI is InChI=1S/C12H5BrFNO3S/c13-10-6(4-15)1-2-8(11(10)14)18-7-3-9(12(16)17)19-5-7/h1-3,5H,(H,16,17). The zero-order valence-corrected chi connectivity index (χ0v) is 11.6. The third-order valence-corrected chi connectivity index (χ3v) is 3.85. The van der Waals surface area contributed by atoms with Crippen molar-refractivity contribution >= 4 is 33.2 Å². The maximum absolute atomic E-state index is 13.9. The highest BCUT2D eigenvalue weighted by atomic mass is 79.9. The number of nitriles is 1. The highest BCUT2D eigenvalue weighted by Crippen LogP contribution is 2.33. The normalized spacial score (nSPS) is 9.95. The lowest BCUT2D eigenvalue weighted by atomic mass is 10.2. The molecule has 19 heavy (non-hydrogen) atoms. The molecular formula is C12H5BrFNO3S. The van der Waals surface area contributed by atoms with Crippen LogP contribution in [0.2, 0.25) is 0 Å². The second kappa shape index (κ2) is 5.38. The predicted octanol–water partition coefficient (Wildman–Crippen LogP) is 4.01. The largest absolute Gasteiger partial charge is 0.477 e. The summed E-state index contributed by atoms with van der Waals surface area (Å²) >= 11 is 3.95. The van der Waals surface area contributed by atoms with Gasteiger partial charge < -0.3 is 9.84 Å². The summed E-state index contributed by atoms with van der Waals surface area (Å²) in [6.45, 7) is 0. The Bertz CT molecular complexity index is 693. The summed E-state index contributed by atoms with van der Waals surface area (Å²) in [5.41, 5.74) is 0.154. The summed E-state index contributed by atoms with van der Waals surface area (Å²) in [6.07, 6.45) is 0. The van der Waals surface area contributed by atoms with Gasteiger partial charge in [-0.3, -0.25) is 0 Å². The molecular weight excluding hydrogens is 337 g/mol. The minimum atomic E-state index is -1.07. The molecule has 0 aliphatic heterocycles. The first-order chi connectivity index (χ1) is 9.02. The molecule has 96 valence electrons. The summed E-state index contributed by atoms with van der Waals surface area (Å²) in [6, 6.07) is 5.86. The number of carboxylic acids is 1. The second-order valence-electron chi connectivity index (χ2n) is 3.40. The zero-order valence-electron chi connectivity index (χ0n) is 9.18. The lowest BCUT2D eigenvalue weighted by Crippen LogP contribution is -1.92. The molecule has 1 heterocycles. The molecule has 2 rings (SSSR count). The van der Waals surface area contributed by atoms with Gasteiger partial charge >= 0.3 is 5.97 Å². The number of carbonyl (C=O) groups is 1. The first-order valence-corrected chi connectivity index (χ1v) is 6.58. The Kier molecular flexibility index (Phi) is 3.83. The molecule has 1 aromatic heterocycles. The monoisotopic (exact) mass is 341 g/mol. The summed E-state index contributed by atoms with van der Waals surface area (Å²) < 4.78 is 19.1. The highest BCUT2D eigenvalue weighted by Gasteiger charge is 2.14. The first kappa shape index (κ1) is 13.5. The summed E-state index contributed by atoms with van der Waals surface area (Å²) in [5, 5.41) is 19.0. The van der Waals surface area contributed by atoms with Crippen LogP contribution in [0.1, 0.15) is 15.2 Å². The zero-order chi connectivity index (χ0) is 14.0. The van der Waals surface area contributed by atoms with Gasteiger partial charge in [0.25, 0.3) is 0 Å².